The van der Waals surface area contributed by atoms with Gasteiger partial charge in [0.1, 0.15) is 18.3 Å². The number of nitrogens with zero attached hydrogens (tertiary/aromatic N) is 3. The van der Waals surface area contributed by atoms with Crippen LogP contribution in [-0.2, 0) is 4.79 Å². The molecular formula is C32H32N4O3. The zero-order valence-corrected chi connectivity index (χ0v) is 22.4. The van der Waals surface area contributed by atoms with E-state index in [9.17, 15) is 9.59 Å². The molecule has 0 radical (unpaired) electrons. The third kappa shape index (κ3) is 4.65. The average Bonchev–Trinajstić information content (AvgIpc) is 3.67. The summed E-state index contributed by atoms with van der Waals surface area (Å²) in [6, 6.07) is 25.1. The number of benzene rings is 3. The van der Waals surface area contributed by atoms with Crippen LogP contribution in [0.5, 0.6) is 5.75 Å². The van der Waals surface area contributed by atoms with Gasteiger partial charge in [0.2, 0.25) is 5.91 Å². The minimum Gasteiger partial charge on any atom is -0.497 e. The normalized spacial score (nSPS) is 15.8. The summed E-state index contributed by atoms with van der Waals surface area (Å²) >= 11 is 0. The van der Waals surface area contributed by atoms with E-state index in [1.165, 1.54) is 5.56 Å². The van der Waals surface area contributed by atoms with Crippen molar-refractivity contribution in [2.45, 2.75) is 38.8 Å². The number of methoxy groups -OCH3 is 1. The van der Waals surface area contributed by atoms with Gasteiger partial charge < -0.3 is 19.5 Å². The van der Waals surface area contributed by atoms with Gasteiger partial charge in [0.25, 0.3) is 0 Å². The Morgan fingerprint density at radius 1 is 0.923 bits per heavy atom. The fourth-order valence-corrected chi connectivity index (χ4v) is 5.35. The van der Waals surface area contributed by atoms with E-state index >= 15 is 0 Å². The molecular weight excluding hydrogens is 488 g/mol. The lowest BCUT2D eigenvalue weighted by Gasteiger charge is -2.39. The molecule has 3 amide bonds. The zero-order chi connectivity index (χ0) is 27.1. The molecule has 0 spiro atoms. The highest BCUT2D eigenvalue weighted by Gasteiger charge is 2.40. The first-order valence-corrected chi connectivity index (χ1v) is 13.3. The SMILES string of the molecule is COc1ccc(C2c3cccn3-c3ccccc3N2C(=O)CN(C(=O)Nc2ccc(C)c(C)c2)C2CC2)cc1. The summed E-state index contributed by atoms with van der Waals surface area (Å²) in [5, 5.41) is 3.02. The van der Waals surface area contributed by atoms with Crippen molar-refractivity contribution in [3.8, 4) is 11.4 Å². The molecule has 1 aliphatic heterocycles. The van der Waals surface area contributed by atoms with Gasteiger partial charge in [0, 0.05) is 17.9 Å². The highest BCUT2D eigenvalue weighted by Crippen LogP contribution is 2.43. The predicted molar refractivity (Wildman–Crippen MR) is 153 cm³/mol. The number of ether oxygens (including phenoxy) is 1. The van der Waals surface area contributed by atoms with Crippen molar-refractivity contribution in [1.82, 2.24) is 9.47 Å². The average molecular weight is 521 g/mol. The van der Waals surface area contributed by atoms with E-state index in [2.05, 4.69) is 16.0 Å². The first-order valence-electron chi connectivity index (χ1n) is 13.3. The molecule has 198 valence electrons. The van der Waals surface area contributed by atoms with Crippen LogP contribution < -0.4 is 15.0 Å². The Hall–Kier alpha value is -4.52. The van der Waals surface area contributed by atoms with Crippen molar-refractivity contribution in [1.29, 1.82) is 0 Å². The van der Waals surface area contributed by atoms with Crippen molar-refractivity contribution in [3.05, 3.63) is 107 Å². The van der Waals surface area contributed by atoms with Crippen molar-refractivity contribution < 1.29 is 14.3 Å². The number of nitrogens with one attached hydrogen (secondary N) is 1. The summed E-state index contributed by atoms with van der Waals surface area (Å²) in [6.45, 7) is 4.06. The van der Waals surface area contributed by atoms with E-state index < -0.39 is 0 Å². The number of rotatable bonds is 6. The van der Waals surface area contributed by atoms with Gasteiger partial charge in [0.05, 0.1) is 24.2 Å². The maximum atomic E-state index is 14.3. The summed E-state index contributed by atoms with van der Waals surface area (Å²) in [5.74, 6) is 0.629. The maximum Gasteiger partial charge on any atom is 0.322 e. The lowest BCUT2D eigenvalue weighted by Crippen LogP contribution is -2.48. The molecule has 1 atom stereocenters. The van der Waals surface area contributed by atoms with E-state index in [1.54, 1.807) is 12.0 Å². The second kappa shape index (κ2) is 9.98. The van der Waals surface area contributed by atoms with Crippen LogP contribution in [0, 0.1) is 13.8 Å². The molecule has 2 aliphatic rings. The minimum absolute atomic E-state index is 0.0109. The molecule has 39 heavy (non-hydrogen) atoms. The van der Waals surface area contributed by atoms with Crippen LogP contribution in [0.1, 0.15) is 41.3 Å². The maximum absolute atomic E-state index is 14.3. The van der Waals surface area contributed by atoms with E-state index in [1.807, 2.05) is 97.7 Å². The Morgan fingerprint density at radius 3 is 2.36 bits per heavy atom. The van der Waals surface area contributed by atoms with E-state index in [-0.39, 0.29) is 30.6 Å². The highest BCUT2D eigenvalue weighted by molar-refractivity contribution is 6.01. The lowest BCUT2D eigenvalue weighted by molar-refractivity contribution is -0.119. The number of hydrogen-bond acceptors (Lipinski definition) is 3. The van der Waals surface area contributed by atoms with Gasteiger partial charge in [-0.2, -0.15) is 0 Å². The molecule has 1 aliphatic carbocycles. The molecule has 7 heteroatoms. The zero-order valence-electron chi connectivity index (χ0n) is 22.4. The van der Waals surface area contributed by atoms with Gasteiger partial charge in [-0.25, -0.2) is 4.79 Å². The van der Waals surface area contributed by atoms with Gasteiger partial charge in [-0.05, 0) is 91.9 Å². The smallest absolute Gasteiger partial charge is 0.322 e. The highest BCUT2D eigenvalue weighted by atomic mass is 16.5. The van der Waals surface area contributed by atoms with Crippen molar-refractivity contribution in [2.75, 3.05) is 23.9 Å². The van der Waals surface area contributed by atoms with Crippen LogP contribution in [0.25, 0.3) is 5.69 Å². The summed E-state index contributed by atoms with van der Waals surface area (Å²) in [7, 11) is 1.64. The number of para-hydroxylation sites is 2. The Kier molecular flexibility index (Phi) is 6.35. The summed E-state index contributed by atoms with van der Waals surface area (Å²) in [6.07, 6.45) is 3.82. The number of aryl methyl sites for hydroxylation is 2. The number of hydrogen-bond donors (Lipinski definition) is 1. The molecule has 0 bridgehead atoms. The summed E-state index contributed by atoms with van der Waals surface area (Å²) in [5.41, 5.74) is 6.72. The summed E-state index contributed by atoms with van der Waals surface area (Å²) < 4.78 is 7.52. The number of fused-ring (bicyclic) bond motifs is 3. The first-order chi connectivity index (χ1) is 18.9. The second-order valence-corrected chi connectivity index (χ2v) is 10.3. The van der Waals surface area contributed by atoms with Crippen molar-refractivity contribution >= 4 is 23.3 Å². The Morgan fingerprint density at radius 2 is 1.67 bits per heavy atom. The molecule has 6 rings (SSSR count). The van der Waals surface area contributed by atoms with E-state index in [4.69, 9.17) is 4.74 Å². The van der Waals surface area contributed by atoms with Crippen LogP contribution in [0.3, 0.4) is 0 Å². The van der Waals surface area contributed by atoms with E-state index in [0.717, 1.165) is 52.5 Å². The molecule has 1 aromatic heterocycles. The van der Waals surface area contributed by atoms with Crippen molar-refractivity contribution in [3.63, 3.8) is 0 Å². The molecule has 4 aromatic rings. The lowest BCUT2D eigenvalue weighted by atomic mass is 9.97. The van der Waals surface area contributed by atoms with Crippen LogP contribution in [0.2, 0.25) is 0 Å². The third-order valence-corrected chi connectivity index (χ3v) is 7.73. The Bertz CT molecular complexity index is 1540. The molecule has 0 saturated heterocycles. The van der Waals surface area contributed by atoms with Gasteiger partial charge in [-0.1, -0.05) is 30.3 Å². The Balaban J connectivity index is 1.34. The van der Waals surface area contributed by atoms with Crippen LogP contribution in [0.4, 0.5) is 16.2 Å². The predicted octanol–water partition coefficient (Wildman–Crippen LogP) is 6.24. The van der Waals surface area contributed by atoms with Gasteiger partial charge in [0.15, 0.2) is 0 Å². The van der Waals surface area contributed by atoms with Crippen LogP contribution in [0.15, 0.2) is 85.1 Å². The fourth-order valence-electron chi connectivity index (χ4n) is 5.35. The number of amides is 3. The molecule has 3 aromatic carbocycles. The van der Waals surface area contributed by atoms with Crippen LogP contribution >= 0.6 is 0 Å². The second-order valence-electron chi connectivity index (χ2n) is 10.3. The summed E-state index contributed by atoms with van der Waals surface area (Å²) in [4.78, 5) is 31.3. The number of carbonyl (C=O) groups is 2. The first kappa shape index (κ1) is 24.8. The molecule has 1 saturated carbocycles. The monoisotopic (exact) mass is 520 g/mol. The van der Waals surface area contributed by atoms with Gasteiger partial charge >= 0.3 is 6.03 Å². The number of urea groups is 1. The number of anilines is 2. The Labute approximate surface area is 228 Å². The quantitative estimate of drug-likeness (QED) is 0.328. The topological polar surface area (TPSA) is 66.8 Å². The molecule has 1 unspecified atom stereocenters. The molecule has 2 heterocycles. The van der Waals surface area contributed by atoms with Gasteiger partial charge in [-0.15, -0.1) is 0 Å². The van der Waals surface area contributed by atoms with Gasteiger partial charge in [-0.3, -0.25) is 9.69 Å². The minimum atomic E-state index is -0.350. The van der Waals surface area contributed by atoms with Crippen molar-refractivity contribution in [2.24, 2.45) is 0 Å². The van der Waals surface area contributed by atoms with E-state index in [0.29, 0.717) is 0 Å². The third-order valence-electron chi connectivity index (χ3n) is 7.73. The standard InChI is InChI=1S/C32H32N4O3/c1-21-10-13-24(19-22(21)2)33-32(38)35(25-14-15-25)20-30(37)36-28-8-5-4-7-27(28)34-18-6-9-29(34)31(36)23-11-16-26(39-3)17-12-23/h4-13,16-19,25,31H,14-15,20H2,1-3H3,(H,33,38). The molecule has 1 fully saturated rings. The largest absolute Gasteiger partial charge is 0.497 e. The number of aromatic nitrogens is 1. The van der Waals surface area contributed by atoms with Crippen LogP contribution in [-0.4, -0.2) is 41.1 Å². The molecule has 1 N–H and O–H groups in total. The molecule has 7 nitrogen and oxygen atoms in total. The fraction of sp³-hybridized carbons (Fsp3) is 0.250. The number of carbonyl (C=O) groups excluding carboxylic acids is 2.